The first-order chi connectivity index (χ1) is 10.7. The van der Waals surface area contributed by atoms with Crippen LogP contribution in [0.2, 0.25) is 0 Å². The van der Waals surface area contributed by atoms with Gasteiger partial charge in [0, 0.05) is 18.1 Å². The van der Waals surface area contributed by atoms with Gasteiger partial charge in [-0.1, -0.05) is 39.3 Å². The Balaban J connectivity index is 2.07. The van der Waals surface area contributed by atoms with Crippen LogP contribution in [-0.4, -0.2) is 23.0 Å². The SMILES string of the molecule is CCc1cc(CN2CCCCC2)c2cccnc2c1C(C)C. The van der Waals surface area contributed by atoms with Crippen molar-refractivity contribution < 1.29 is 0 Å². The van der Waals surface area contributed by atoms with Crippen molar-refractivity contribution in [2.75, 3.05) is 13.1 Å². The van der Waals surface area contributed by atoms with Crippen LogP contribution in [0.4, 0.5) is 0 Å². The maximum atomic E-state index is 4.75. The summed E-state index contributed by atoms with van der Waals surface area (Å²) in [6.45, 7) is 10.4. The molecular weight excluding hydrogens is 268 g/mol. The van der Waals surface area contributed by atoms with Gasteiger partial charge in [-0.3, -0.25) is 9.88 Å². The summed E-state index contributed by atoms with van der Waals surface area (Å²) in [6, 6.07) is 6.79. The van der Waals surface area contributed by atoms with E-state index in [-0.39, 0.29) is 0 Å². The molecule has 0 saturated carbocycles. The summed E-state index contributed by atoms with van der Waals surface area (Å²) >= 11 is 0. The highest BCUT2D eigenvalue weighted by Gasteiger charge is 2.17. The predicted octanol–water partition coefficient (Wildman–Crippen LogP) is 4.91. The Morgan fingerprint density at radius 3 is 2.59 bits per heavy atom. The number of hydrogen-bond donors (Lipinski definition) is 0. The van der Waals surface area contributed by atoms with Crippen LogP contribution in [-0.2, 0) is 13.0 Å². The molecule has 0 amide bonds. The van der Waals surface area contributed by atoms with Crippen molar-refractivity contribution >= 4 is 10.9 Å². The third kappa shape index (κ3) is 3.03. The molecule has 0 spiro atoms. The van der Waals surface area contributed by atoms with E-state index in [1.165, 1.54) is 59.9 Å². The first kappa shape index (κ1) is 15.5. The van der Waals surface area contributed by atoms with E-state index in [2.05, 4.69) is 43.9 Å². The normalized spacial score (nSPS) is 16.5. The molecule has 0 atom stereocenters. The number of benzene rings is 1. The number of hydrogen-bond acceptors (Lipinski definition) is 2. The third-order valence-corrected chi connectivity index (χ3v) is 4.90. The Hall–Kier alpha value is -1.41. The van der Waals surface area contributed by atoms with Crippen LogP contribution in [0.15, 0.2) is 24.4 Å². The quantitative estimate of drug-likeness (QED) is 0.797. The van der Waals surface area contributed by atoms with Gasteiger partial charge in [-0.25, -0.2) is 0 Å². The Labute approximate surface area is 134 Å². The summed E-state index contributed by atoms with van der Waals surface area (Å²) in [5, 5.41) is 1.36. The minimum atomic E-state index is 0.524. The first-order valence-electron chi connectivity index (χ1n) is 8.82. The van der Waals surface area contributed by atoms with Crippen LogP contribution >= 0.6 is 0 Å². The molecule has 1 aliphatic heterocycles. The fourth-order valence-corrected chi connectivity index (χ4v) is 3.82. The van der Waals surface area contributed by atoms with Crippen molar-refractivity contribution in [3.63, 3.8) is 0 Å². The van der Waals surface area contributed by atoms with Crippen LogP contribution in [0.1, 0.15) is 62.6 Å². The molecule has 0 aliphatic carbocycles. The maximum absolute atomic E-state index is 4.75. The summed E-state index contributed by atoms with van der Waals surface area (Å²) in [5.74, 6) is 0.524. The number of rotatable bonds is 4. The molecule has 0 radical (unpaired) electrons. The van der Waals surface area contributed by atoms with E-state index >= 15 is 0 Å². The van der Waals surface area contributed by atoms with E-state index in [4.69, 9.17) is 4.98 Å². The third-order valence-electron chi connectivity index (χ3n) is 4.90. The molecule has 1 saturated heterocycles. The fraction of sp³-hybridized carbons (Fsp3) is 0.550. The molecule has 1 aliphatic rings. The van der Waals surface area contributed by atoms with Crippen LogP contribution in [0.3, 0.4) is 0 Å². The lowest BCUT2D eigenvalue weighted by Crippen LogP contribution is -2.29. The van der Waals surface area contributed by atoms with Gasteiger partial charge in [-0.05, 0) is 61.0 Å². The summed E-state index contributed by atoms with van der Waals surface area (Å²) in [5.41, 5.74) is 5.61. The van der Waals surface area contributed by atoms with E-state index in [1.54, 1.807) is 0 Å². The second kappa shape index (κ2) is 6.78. The minimum Gasteiger partial charge on any atom is -0.299 e. The van der Waals surface area contributed by atoms with Crippen molar-refractivity contribution in [2.24, 2.45) is 0 Å². The average Bonchev–Trinajstić information content (AvgIpc) is 2.55. The van der Waals surface area contributed by atoms with Gasteiger partial charge in [-0.15, -0.1) is 0 Å². The molecule has 2 heterocycles. The molecule has 22 heavy (non-hydrogen) atoms. The molecule has 118 valence electrons. The van der Waals surface area contributed by atoms with Crippen LogP contribution in [0, 0.1) is 0 Å². The Kier molecular flexibility index (Phi) is 4.77. The molecule has 1 aromatic carbocycles. The molecule has 2 aromatic rings. The lowest BCUT2D eigenvalue weighted by Gasteiger charge is -2.27. The molecule has 1 aromatic heterocycles. The number of piperidine rings is 1. The predicted molar refractivity (Wildman–Crippen MR) is 94.3 cm³/mol. The van der Waals surface area contributed by atoms with Gasteiger partial charge in [-0.2, -0.15) is 0 Å². The Morgan fingerprint density at radius 2 is 1.91 bits per heavy atom. The van der Waals surface area contributed by atoms with Crippen molar-refractivity contribution in [1.29, 1.82) is 0 Å². The van der Waals surface area contributed by atoms with Crippen LogP contribution < -0.4 is 0 Å². The Morgan fingerprint density at radius 1 is 1.14 bits per heavy atom. The van der Waals surface area contributed by atoms with E-state index in [1.807, 2.05) is 6.20 Å². The van der Waals surface area contributed by atoms with Gasteiger partial charge in [0.2, 0.25) is 0 Å². The van der Waals surface area contributed by atoms with Crippen molar-refractivity contribution in [1.82, 2.24) is 9.88 Å². The van der Waals surface area contributed by atoms with Crippen molar-refractivity contribution in [3.8, 4) is 0 Å². The molecule has 1 fully saturated rings. The van der Waals surface area contributed by atoms with Gasteiger partial charge in [0.25, 0.3) is 0 Å². The highest BCUT2D eigenvalue weighted by atomic mass is 15.1. The second-order valence-corrected chi connectivity index (χ2v) is 6.85. The van der Waals surface area contributed by atoms with Gasteiger partial charge in [0.15, 0.2) is 0 Å². The molecule has 0 N–H and O–H groups in total. The van der Waals surface area contributed by atoms with Crippen molar-refractivity contribution in [2.45, 2.75) is 58.9 Å². The topological polar surface area (TPSA) is 16.1 Å². The molecular formula is C20H28N2. The van der Waals surface area contributed by atoms with E-state index in [9.17, 15) is 0 Å². The minimum absolute atomic E-state index is 0.524. The first-order valence-corrected chi connectivity index (χ1v) is 8.82. The zero-order valence-corrected chi connectivity index (χ0v) is 14.2. The fourth-order valence-electron chi connectivity index (χ4n) is 3.82. The van der Waals surface area contributed by atoms with E-state index in [0.717, 1.165) is 13.0 Å². The van der Waals surface area contributed by atoms with Gasteiger partial charge in [0.05, 0.1) is 5.52 Å². The zero-order valence-electron chi connectivity index (χ0n) is 14.2. The summed E-state index contributed by atoms with van der Waals surface area (Å²) in [4.78, 5) is 7.36. The highest BCUT2D eigenvalue weighted by Crippen LogP contribution is 2.31. The second-order valence-electron chi connectivity index (χ2n) is 6.85. The van der Waals surface area contributed by atoms with Gasteiger partial charge < -0.3 is 0 Å². The number of pyridine rings is 1. The number of likely N-dealkylation sites (tertiary alicyclic amines) is 1. The van der Waals surface area contributed by atoms with Gasteiger partial charge in [0.1, 0.15) is 0 Å². The maximum Gasteiger partial charge on any atom is 0.0742 e. The van der Waals surface area contributed by atoms with Crippen LogP contribution in [0.5, 0.6) is 0 Å². The largest absolute Gasteiger partial charge is 0.299 e. The lowest BCUT2D eigenvalue weighted by atomic mass is 9.90. The summed E-state index contributed by atoms with van der Waals surface area (Å²) in [6.07, 6.45) is 7.12. The average molecular weight is 296 g/mol. The number of aromatic nitrogens is 1. The standard InChI is InChI=1S/C20H28N2/c1-4-16-13-17(14-22-11-6-5-7-12-22)18-9-8-10-21-20(18)19(16)15(2)3/h8-10,13,15H,4-7,11-12,14H2,1-3H3. The number of fused-ring (bicyclic) bond motifs is 1. The van der Waals surface area contributed by atoms with Crippen molar-refractivity contribution in [3.05, 3.63) is 41.1 Å². The Bertz CT molecular complexity index is 639. The smallest absolute Gasteiger partial charge is 0.0742 e. The summed E-state index contributed by atoms with van der Waals surface area (Å²) < 4.78 is 0. The summed E-state index contributed by atoms with van der Waals surface area (Å²) in [7, 11) is 0. The highest BCUT2D eigenvalue weighted by molar-refractivity contribution is 5.86. The van der Waals surface area contributed by atoms with Gasteiger partial charge >= 0.3 is 0 Å². The zero-order chi connectivity index (χ0) is 15.5. The molecule has 0 unspecified atom stereocenters. The lowest BCUT2D eigenvalue weighted by molar-refractivity contribution is 0.221. The van der Waals surface area contributed by atoms with E-state index < -0.39 is 0 Å². The molecule has 0 bridgehead atoms. The van der Waals surface area contributed by atoms with E-state index in [0.29, 0.717) is 5.92 Å². The monoisotopic (exact) mass is 296 g/mol. The molecule has 2 heteroatoms. The number of aryl methyl sites for hydroxylation is 1. The van der Waals surface area contributed by atoms with Crippen LogP contribution in [0.25, 0.3) is 10.9 Å². The number of nitrogens with zero attached hydrogens (tertiary/aromatic N) is 2. The molecule has 3 rings (SSSR count). The molecule has 2 nitrogen and oxygen atoms in total.